The summed E-state index contributed by atoms with van der Waals surface area (Å²) in [6.45, 7) is 6.65. The first-order chi connectivity index (χ1) is 9.51. The van der Waals surface area contributed by atoms with E-state index in [-0.39, 0.29) is 5.25 Å². The molecule has 3 nitrogen and oxygen atoms in total. The molecule has 0 aliphatic heterocycles. The Bertz CT molecular complexity index is 576. The maximum Gasteiger partial charge on any atom is 0.188 e. The third-order valence-electron chi connectivity index (χ3n) is 3.32. The molecule has 0 saturated carbocycles. The van der Waals surface area contributed by atoms with Gasteiger partial charge in [-0.2, -0.15) is 0 Å². The van der Waals surface area contributed by atoms with E-state index in [1.54, 1.807) is 11.8 Å². The van der Waals surface area contributed by atoms with Crippen LogP contribution in [-0.2, 0) is 0 Å². The largest absolute Gasteiger partial charge is 0.329 e. The molecule has 0 bridgehead atoms. The van der Waals surface area contributed by atoms with Crippen molar-refractivity contribution in [3.8, 4) is 0 Å². The summed E-state index contributed by atoms with van der Waals surface area (Å²) >= 11 is 5.07. The number of nitrogens with zero attached hydrogens (tertiary/aromatic N) is 2. The smallest absolute Gasteiger partial charge is 0.188 e. The minimum absolute atomic E-state index is 0.171. The third kappa shape index (κ3) is 3.59. The molecule has 5 heteroatoms. The lowest BCUT2D eigenvalue weighted by Crippen LogP contribution is -2.10. The van der Waals surface area contributed by atoms with Crippen LogP contribution in [0.15, 0.2) is 33.9 Å². The van der Waals surface area contributed by atoms with Gasteiger partial charge in [-0.3, -0.25) is 0 Å². The van der Waals surface area contributed by atoms with E-state index >= 15 is 0 Å². The van der Waals surface area contributed by atoms with Crippen molar-refractivity contribution in [2.45, 2.75) is 31.2 Å². The quantitative estimate of drug-likeness (QED) is 0.669. The molecule has 0 aliphatic carbocycles. The normalized spacial score (nSPS) is 12.4. The van der Waals surface area contributed by atoms with E-state index < -0.39 is 0 Å². The number of thioether (sulfide) groups is 1. The van der Waals surface area contributed by atoms with Crippen LogP contribution in [-0.4, -0.2) is 16.5 Å². The number of hydrogen-bond acceptors (Lipinski definition) is 4. The van der Waals surface area contributed by atoms with Crippen molar-refractivity contribution in [3.63, 3.8) is 0 Å². The van der Waals surface area contributed by atoms with Crippen molar-refractivity contribution in [3.05, 3.63) is 51.3 Å². The van der Waals surface area contributed by atoms with Gasteiger partial charge in [0.25, 0.3) is 0 Å². The summed E-state index contributed by atoms with van der Waals surface area (Å²) in [5, 5.41) is 0.966. The van der Waals surface area contributed by atoms with Crippen LogP contribution < -0.4 is 5.73 Å². The Morgan fingerprint density at radius 1 is 1.10 bits per heavy atom. The molecule has 0 radical (unpaired) electrons. The first-order valence-electron chi connectivity index (χ1n) is 6.45. The van der Waals surface area contributed by atoms with Crippen LogP contribution in [0.5, 0.6) is 0 Å². The highest BCUT2D eigenvalue weighted by Gasteiger charge is 2.14. The molecule has 1 aromatic carbocycles. The Hall–Kier alpha value is -0.910. The topological polar surface area (TPSA) is 51.8 Å². The van der Waals surface area contributed by atoms with Gasteiger partial charge in [-0.25, -0.2) is 9.97 Å². The number of aryl methyl sites for hydroxylation is 2. The SMILES string of the molecule is Cc1nc(SC(CN)c2ccc(Br)cc2)nc(C)c1C. The monoisotopic (exact) mass is 351 g/mol. The molecule has 1 unspecified atom stereocenters. The number of rotatable bonds is 4. The summed E-state index contributed by atoms with van der Waals surface area (Å²) < 4.78 is 1.07. The van der Waals surface area contributed by atoms with E-state index in [4.69, 9.17) is 5.73 Å². The molecular weight excluding hydrogens is 334 g/mol. The summed E-state index contributed by atoms with van der Waals surface area (Å²) in [6, 6.07) is 8.24. The van der Waals surface area contributed by atoms with Crippen molar-refractivity contribution in [1.29, 1.82) is 0 Å². The Labute approximate surface area is 132 Å². The molecule has 20 heavy (non-hydrogen) atoms. The molecule has 0 fully saturated rings. The predicted molar refractivity (Wildman–Crippen MR) is 88.0 cm³/mol. The highest BCUT2D eigenvalue weighted by atomic mass is 79.9. The molecule has 1 heterocycles. The van der Waals surface area contributed by atoms with Gasteiger partial charge in [-0.05, 0) is 44.0 Å². The standard InChI is InChI=1S/C15H18BrN3S/c1-9-10(2)18-15(19-11(9)3)20-14(8-17)12-4-6-13(16)7-5-12/h4-7,14H,8,17H2,1-3H3. The summed E-state index contributed by atoms with van der Waals surface area (Å²) in [5.74, 6) is 0. The van der Waals surface area contributed by atoms with Crippen LogP contribution in [0.3, 0.4) is 0 Å². The summed E-state index contributed by atoms with van der Waals surface area (Å²) in [7, 11) is 0. The Morgan fingerprint density at radius 3 is 2.15 bits per heavy atom. The van der Waals surface area contributed by atoms with Crippen LogP contribution in [0.2, 0.25) is 0 Å². The zero-order valence-corrected chi connectivity index (χ0v) is 14.3. The average molecular weight is 352 g/mol. The Kier molecular flexibility index (Phi) is 5.18. The first-order valence-corrected chi connectivity index (χ1v) is 8.12. The molecular formula is C15H18BrN3S. The van der Waals surface area contributed by atoms with Crippen LogP contribution in [0, 0.1) is 20.8 Å². The summed E-state index contributed by atoms with van der Waals surface area (Å²) in [4.78, 5) is 9.10. The van der Waals surface area contributed by atoms with Gasteiger partial charge in [0, 0.05) is 27.7 Å². The third-order valence-corrected chi connectivity index (χ3v) is 4.99. The van der Waals surface area contributed by atoms with Crippen LogP contribution in [0.25, 0.3) is 0 Å². The van der Waals surface area contributed by atoms with Crippen molar-refractivity contribution < 1.29 is 0 Å². The second-order valence-corrected chi connectivity index (χ2v) is 6.78. The van der Waals surface area contributed by atoms with Gasteiger partial charge in [-0.15, -0.1) is 0 Å². The first kappa shape index (κ1) is 15.5. The molecule has 0 saturated heterocycles. The summed E-state index contributed by atoms with van der Waals surface area (Å²) in [6.07, 6.45) is 0. The molecule has 1 atom stereocenters. The lowest BCUT2D eigenvalue weighted by atomic mass is 10.1. The second kappa shape index (κ2) is 6.70. The van der Waals surface area contributed by atoms with E-state index in [9.17, 15) is 0 Å². The fourth-order valence-corrected chi connectivity index (χ4v) is 3.14. The van der Waals surface area contributed by atoms with E-state index in [2.05, 4.69) is 38.0 Å². The lowest BCUT2D eigenvalue weighted by molar-refractivity contribution is 0.863. The molecule has 2 N–H and O–H groups in total. The zero-order valence-electron chi connectivity index (χ0n) is 11.9. The minimum Gasteiger partial charge on any atom is -0.329 e. The van der Waals surface area contributed by atoms with Crippen molar-refractivity contribution in [2.75, 3.05) is 6.54 Å². The zero-order chi connectivity index (χ0) is 14.7. The Balaban J connectivity index is 2.24. The highest BCUT2D eigenvalue weighted by molar-refractivity contribution is 9.10. The molecule has 0 amide bonds. The van der Waals surface area contributed by atoms with Gasteiger partial charge in [0.1, 0.15) is 0 Å². The van der Waals surface area contributed by atoms with E-state index in [0.29, 0.717) is 6.54 Å². The Morgan fingerprint density at radius 2 is 1.65 bits per heavy atom. The van der Waals surface area contributed by atoms with Crippen molar-refractivity contribution >= 4 is 27.7 Å². The maximum atomic E-state index is 5.91. The van der Waals surface area contributed by atoms with E-state index in [1.165, 1.54) is 5.56 Å². The maximum absolute atomic E-state index is 5.91. The van der Waals surface area contributed by atoms with Gasteiger partial charge in [-0.1, -0.05) is 39.8 Å². The van der Waals surface area contributed by atoms with Crippen LogP contribution in [0.1, 0.15) is 27.8 Å². The van der Waals surface area contributed by atoms with Crippen LogP contribution in [0.4, 0.5) is 0 Å². The van der Waals surface area contributed by atoms with Crippen molar-refractivity contribution in [2.24, 2.45) is 5.73 Å². The van der Waals surface area contributed by atoms with Gasteiger partial charge < -0.3 is 5.73 Å². The highest BCUT2D eigenvalue weighted by Crippen LogP contribution is 2.33. The van der Waals surface area contributed by atoms with Gasteiger partial charge in [0.2, 0.25) is 0 Å². The minimum atomic E-state index is 0.171. The van der Waals surface area contributed by atoms with Gasteiger partial charge >= 0.3 is 0 Å². The number of aromatic nitrogens is 2. The van der Waals surface area contributed by atoms with Gasteiger partial charge in [0.15, 0.2) is 5.16 Å². The van der Waals surface area contributed by atoms with Crippen molar-refractivity contribution in [1.82, 2.24) is 9.97 Å². The van der Waals surface area contributed by atoms with E-state index in [1.807, 2.05) is 32.9 Å². The second-order valence-electron chi connectivity index (χ2n) is 4.70. The van der Waals surface area contributed by atoms with E-state index in [0.717, 1.165) is 26.6 Å². The fraction of sp³-hybridized carbons (Fsp3) is 0.333. The molecule has 0 spiro atoms. The predicted octanol–water partition coefficient (Wildman–Crippen LogP) is 3.96. The molecule has 0 aliphatic rings. The number of nitrogens with two attached hydrogens (primary N) is 1. The number of hydrogen-bond donors (Lipinski definition) is 1. The fourth-order valence-electron chi connectivity index (χ4n) is 1.85. The van der Waals surface area contributed by atoms with Gasteiger partial charge in [0.05, 0.1) is 0 Å². The number of halogens is 1. The lowest BCUT2D eigenvalue weighted by Gasteiger charge is -2.15. The summed E-state index contributed by atoms with van der Waals surface area (Å²) in [5.41, 5.74) is 10.3. The molecule has 1 aromatic heterocycles. The molecule has 2 rings (SSSR count). The van der Waals surface area contributed by atoms with Crippen LogP contribution >= 0.6 is 27.7 Å². The average Bonchev–Trinajstić information content (AvgIpc) is 2.43. The molecule has 106 valence electrons. The number of benzene rings is 1. The molecule has 2 aromatic rings.